The molecule has 0 radical (unpaired) electrons. The summed E-state index contributed by atoms with van der Waals surface area (Å²) in [5.74, 6) is -0.259. The van der Waals surface area contributed by atoms with Gasteiger partial charge in [-0.05, 0) is 43.3 Å². The molecule has 7 heteroatoms. The molecular formula is C26H24N2O5. The van der Waals surface area contributed by atoms with Gasteiger partial charge in [0.2, 0.25) is 0 Å². The number of carbonyl (C=O) groups excluding carboxylic acids is 3. The smallest absolute Gasteiger partial charge is 0.260 e. The molecule has 0 unspecified atom stereocenters. The maximum Gasteiger partial charge on any atom is 0.260 e. The number of hydrogen-bond donors (Lipinski definition) is 2. The van der Waals surface area contributed by atoms with Crippen LogP contribution < -0.4 is 15.0 Å². The number of nitrogens with one attached hydrogen (secondary N) is 1. The zero-order chi connectivity index (χ0) is 23.5. The molecule has 0 aliphatic heterocycles. The number of amides is 1. The Kier molecular flexibility index (Phi) is 6.24. The molecule has 0 atom stereocenters. The number of hydrogen-bond acceptors (Lipinski definition) is 6. The van der Waals surface area contributed by atoms with E-state index in [0.717, 1.165) is 0 Å². The van der Waals surface area contributed by atoms with Crippen LogP contribution in [0.15, 0.2) is 60.7 Å². The highest BCUT2D eigenvalue weighted by molar-refractivity contribution is 6.31. The van der Waals surface area contributed by atoms with E-state index in [1.165, 1.54) is 6.07 Å². The minimum Gasteiger partial charge on any atom is -0.497 e. The molecular weight excluding hydrogens is 420 g/mol. The van der Waals surface area contributed by atoms with Gasteiger partial charge in [0.15, 0.2) is 11.6 Å². The summed E-state index contributed by atoms with van der Waals surface area (Å²) in [5.41, 5.74) is 2.21. The average Bonchev–Trinajstić information content (AvgIpc) is 2.86. The Morgan fingerprint density at radius 2 is 1.61 bits per heavy atom. The number of nitrogens with zero attached hydrogens (tertiary/aromatic N) is 1. The third-order valence-electron chi connectivity index (χ3n) is 5.68. The zero-order valence-corrected chi connectivity index (χ0v) is 18.4. The molecule has 0 saturated heterocycles. The Balaban J connectivity index is 1.84. The fraction of sp³-hybridized carbons (Fsp3) is 0.192. The predicted octanol–water partition coefficient (Wildman–Crippen LogP) is 3.54. The lowest BCUT2D eigenvalue weighted by Crippen LogP contribution is -2.32. The van der Waals surface area contributed by atoms with Gasteiger partial charge < -0.3 is 20.1 Å². The van der Waals surface area contributed by atoms with Gasteiger partial charge in [0.05, 0.1) is 30.5 Å². The van der Waals surface area contributed by atoms with Crippen molar-refractivity contribution in [2.24, 2.45) is 0 Å². The van der Waals surface area contributed by atoms with Crippen LogP contribution in [0.4, 0.5) is 11.4 Å². The van der Waals surface area contributed by atoms with Crippen LogP contribution in [0, 0.1) is 0 Å². The molecule has 0 fully saturated rings. The lowest BCUT2D eigenvalue weighted by molar-refractivity contribution is 0.0976. The summed E-state index contributed by atoms with van der Waals surface area (Å²) in [6.45, 7) is 2.16. The highest BCUT2D eigenvalue weighted by Gasteiger charge is 2.34. The van der Waals surface area contributed by atoms with Crippen LogP contribution >= 0.6 is 0 Å². The van der Waals surface area contributed by atoms with Crippen molar-refractivity contribution in [2.75, 3.05) is 37.0 Å². The molecule has 33 heavy (non-hydrogen) atoms. The van der Waals surface area contributed by atoms with Crippen molar-refractivity contribution in [2.45, 2.75) is 6.92 Å². The second-order valence-corrected chi connectivity index (χ2v) is 7.51. The number of anilines is 2. The lowest BCUT2D eigenvalue weighted by atomic mass is 9.82. The molecule has 0 heterocycles. The number of rotatable bonds is 7. The summed E-state index contributed by atoms with van der Waals surface area (Å²) in [5, 5.41) is 12.4. The first-order valence-electron chi connectivity index (χ1n) is 10.7. The summed E-state index contributed by atoms with van der Waals surface area (Å²) in [6.07, 6.45) is 0. The number of methoxy groups -OCH3 is 1. The molecule has 2 N–H and O–H groups in total. The number of carbonyl (C=O) groups is 3. The van der Waals surface area contributed by atoms with Crippen molar-refractivity contribution in [1.82, 2.24) is 0 Å². The summed E-state index contributed by atoms with van der Waals surface area (Å²) in [6, 6.07) is 16.8. The van der Waals surface area contributed by atoms with E-state index >= 15 is 0 Å². The van der Waals surface area contributed by atoms with Crippen LogP contribution in [0.3, 0.4) is 0 Å². The lowest BCUT2D eigenvalue weighted by Gasteiger charge is -2.26. The van der Waals surface area contributed by atoms with E-state index in [1.807, 2.05) is 6.92 Å². The summed E-state index contributed by atoms with van der Waals surface area (Å²) >= 11 is 0. The molecule has 3 aromatic carbocycles. The van der Waals surface area contributed by atoms with E-state index in [-0.39, 0.29) is 53.0 Å². The number of aliphatic hydroxyl groups excluding tert-OH is 1. The van der Waals surface area contributed by atoms with E-state index in [0.29, 0.717) is 29.1 Å². The van der Waals surface area contributed by atoms with Crippen molar-refractivity contribution < 1.29 is 24.2 Å². The monoisotopic (exact) mass is 444 g/mol. The first kappa shape index (κ1) is 22.2. The summed E-state index contributed by atoms with van der Waals surface area (Å²) in [4.78, 5) is 41.7. The number of fused-ring (bicyclic) bond motifs is 2. The van der Waals surface area contributed by atoms with Gasteiger partial charge in [-0.15, -0.1) is 0 Å². The molecule has 1 amide bonds. The molecule has 0 bridgehead atoms. The molecule has 0 saturated carbocycles. The van der Waals surface area contributed by atoms with Crippen molar-refractivity contribution in [1.29, 1.82) is 0 Å². The predicted molar refractivity (Wildman–Crippen MR) is 126 cm³/mol. The van der Waals surface area contributed by atoms with E-state index in [9.17, 15) is 19.5 Å². The first-order valence-corrected chi connectivity index (χ1v) is 10.7. The van der Waals surface area contributed by atoms with Crippen LogP contribution in [0.1, 0.15) is 49.1 Å². The van der Waals surface area contributed by atoms with Gasteiger partial charge in [0, 0.05) is 35.5 Å². The van der Waals surface area contributed by atoms with Gasteiger partial charge in [-0.2, -0.15) is 0 Å². The van der Waals surface area contributed by atoms with Crippen molar-refractivity contribution in [3.05, 3.63) is 88.5 Å². The molecule has 1 aliphatic carbocycles. The Bertz CT molecular complexity index is 1230. The van der Waals surface area contributed by atoms with Gasteiger partial charge in [-0.1, -0.05) is 24.3 Å². The second-order valence-electron chi connectivity index (χ2n) is 7.51. The third-order valence-corrected chi connectivity index (χ3v) is 5.68. The molecule has 0 aromatic heterocycles. The Labute approximate surface area is 191 Å². The van der Waals surface area contributed by atoms with Gasteiger partial charge in [-0.25, -0.2) is 0 Å². The van der Waals surface area contributed by atoms with Crippen LogP contribution in [-0.4, -0.2) is 49.4 Å². The van der Waals surface area contributed by atoms with E-state index in [1.54, 1.807) is 66.6 Å². The number of benzene rings is 3. The molecule has 0 spiro atoms. The minimum absolute atomic E-state index is 0.120. The fourth-order valence-electron chi connectivity index (χ4n) is 4.08. The second kappa shape index (κ2) is 9.26. The summed E-state index contributed by atoms with van der Waals surface area (Å²) < 4.78 is 5.20. The van der Waals surface area contributed by atoms with Gasteiger partial charge in [0.1, 0.15) is 5.75 Å². The Morgan fingerprint density at radius 1 is 0.939 bits per heavy atom. The van der Waals surface area contributed by atoms with Gasteiger partial charge in [-0.3, -0.25) is 14.4 Å². The van der Waals surface area contributed by atoms with Crippen molar-refractivity contribution in [3.8, 4) is 5.75 Å². The molecule has 1 aliphatic rings. The first-order chi connectivity index (χ1) is 16.0. The van der Waals surface area contributed by atoms with E-state index in [4.69, 9.17) is 4.74 Å². The summed E-state index contributed by atoms with van der Waals surface area (Å²) in [7, 11) is 1.57. The number of ketones is 2. The maximum absolute atomic E-state index is 13.6. The highest BCUT2D eigenvalue weighted by atomic mass is 16.5. The minimum atomic E-state index is -0.331. The molecule has 168 valence electrons. The quantitative estimate of drug-likeness (QED) is 0.453. The Hall–Kier alpha value is -3.97. The molecule has 3 aromatic rings. The van der Waals surface area contributed by atoms with E-state index in [2.05, 4.69) is 5.32 Å². The van der Waals surface area contributed by atoms with E-state index < -0.39 is 0 Å². The number of ether oxygens (including phenoxy) is 1. The van der Waals surface area contributed by atoms with Crippen LogP contribution in [-0.2, 0) is 0 Å². The highest BCUT2D eigenvalue weighted by Crippen LogP contribution is 2.35. The normalized spacial score (nSPS) is 12.1. The standard InChI is InChI=1S/C26H24N2O5/c1-3-28(16-8-10-17(33-2)11-9-16)26(32)21-13-12-20-22(23(21)27-14-15-29)25(31)19-7-5-4-6-18(19)24(20)30/h4-13,27,29H,3,14-15H2,1-2H3. The SMILES string of the molecule is CCN(C(=O)c1ccc2c(c1NCCO)C(=O)c1ccccc1C2=O)c1ccc(OC)cc1. The third kappa shape index (κ3) is 3.87. The topological polar surface area (TPSA) is 95.9 Å². The largest absolute Gasteiger partial charge is 0.497 e. The van der Waals surface area contributed by atoms with Crippen LogP contribution in [0.2, 0.25) is 0 Å². The zero-order valence-electron chi connectivity index (χ0n) is 18.4. The van der Waals surface area contributed by atoms with Gasteiger partial charge in [0.25, 0.3) is 5.91 Å². The van der Waals surface area contributed by atoms with Crippen molar-refractivity contribution >= 4 is 28.8 Å². The number of aliphatic hydroxyl groups is 1. The Morgan fingerprint density at radius 3 is 2.21 bits per heavy atom. The average molecular weight is 444 g/mol. The van der Waals surface area contributed by atoms with Crippen LogP contribution in [0.5, 0.6) is 5.75 Å². The van der Waals surface area contributed by atoms with Crippen molar-refractivity contribution in [3.63, 3.8) is 0 Å². The fourth-order valence-corrected chi connectivity index (χ4v) is 4.08. The maximum atomic E-state index is 13.6. The molecule has 7 nitrogen and oxygen atoms in total. The van der Waals surface area contributed by atoms with Gasteiger partial charge >= 0.3 is 0 Å². The molecule has 4 rings (SSSR count). The van der Waals surface area contributed by atoms with Crippen LogP contribution in [0.25, 0.3) is 0 Å².